The van der Waals surface area contributed by atoms with Crippen molar-refractivity contribution in [2.45, 2.75) is 25.8 Å². The van der Waals surface area contributed by atoms with E-state index in [9.17, 15) is 0 Å². The van der Waals surface area contributed by atoms with Gasteiger partial charge in [-0.15, -0.1) is 0 Å². The lowest BCUT2D eigenvalue weighted by atomic mass is 10.0. The van der Waals surface area contributed by atoms with Gasteiger partial charge in [0.05, 0.1) is 0 Å². The molecule has 1 aromatic rings. The molecule has 0 aromatic heterocycles. The molecule has 1 N–H and O–H groups in total. The summed E-state index contributed by atoms with van der Waals surface area (Å²) in [5.41, 5.74) is 1.38. The van der Waals surface area contributed by atoms with Crippen molar-refractivity contribution in [2.75, 3.05) is 7.05 Å². The Morgan fingerprint density at radius 2 is 2.23 bits per heavy atom. The zero-order valence-corrected chi connectivity index (χ0v) is 9.76. The molecule has 1 unspecified atom stereocenters. The van der Waals surface area contributed by atoms with E-state index in [2.05, 4.69) is 52.4 Å². The monoisotopic (exact) mass is 241 g/mol. The van der Waals surface area contributed by atoms with Gasteiger partial charge in [-0.2, -0.15) is 0 Å². The smallest absolute Gasteiger partial charge is 0.0178 e. The van der Waals surface area contributed by atoms with Crippen LogP contribution in [0, 0.1) is 0 Å². The van der Waals surface area contributed by atoms with Gasteiger partial charge in [0.2, 0.25) is 0 Å². The summed E-state index contributed by atoms with van der Waals surface area (Å²) in [7, 11) is 2.02. The lowest BCUT2D eigenvalue weighted by molar-refractivity contribution is 0.543. The fourth-order valence-corrected chi connectivity index (χ4v) is 1.85. The Kier molecular flexibility index (Phi) is 4.46. The molecule has 0 aliphatic rings. The van der Waals surface area contributed by atoms with Crippen molar-refractivity contribution >= 4 is 15.9 Å². The second kappa shape index (κ2) is 5.40. The molecule has 1 aromatic carbocycles. The SMILES string of the molecule is CCC(Cc1cccc(Br)c1)NC. The average Bonchev–Trinajstić information content (AvgIpc) is 2.14. The fourth-order valence-electron chi connectivity index (χ4n) is 1.40. The number of nitrogens with one attached hydrogen (secondary N) is 1. The molecule has 13 heavy (non-hydrogen) atoms. The summed E-state index contributed by atoms with van der Waals surface area (Å²) in [6.45, 7) is 2.21. The van der Waals surface area contributed by atoms with Crippen LogP contribution in [0.4, 0.5) is 0 Å². The molecule has 2 heteroatoms. The Morgan fingerprint density at radius 3 is 2.77 bits per heavy atom. The second-order valence-electron chi connectivity index (χ2n) is 3.23. The van der Waals surface area contributed by atoms with Crippen LogP contribution in [0.1, 0.15) is 18.9 Å². The van der Waals surface area contributed by atoms with E-state index in [0.29, 0.717) is 6.04 Å². The third kappa shape index (κ3) is 3.49. The molecule has 0 radical (unpaired) electrons. The predicted molar refractivity (Wildman–Crippen MR) is 61.0 cm³/mol. The Balaban J connectivity index is 2.62. The Labute approximate surface area is 88.7 Å². The maximum absolute atomic E-state index is 3.48. The quantitative estimate of drug-likeness (QED) is 0.855. The van der Waals surface area contributed by atoms with E-state index in [0.717, 1.165) is 10.9 Å². The van der Waals surface area contributed by atoms with Gasteiger partial charge in [0, 0.05) is 10.5 Å². The Bertz CT molecular complexity index is 256. The fraction of sp³-hybridized carbons (Fsp3) is 0.455. The van der Waals surface area contributed by atoms with Crippen LogP contribution in [0.25, 0.3) is 0 Å². The largest absolute Gasteiger partial charge is 0.317 e. The second-order valence-corrected chi connectivity index (χ2v) is 4.14. The van der Waals surface area contributed by atoms with Gasteiger partial charge >= 0.3 is 0 Å². The summed E-state index contributed by atoms with van der Waals surface area (Å²) >= 11 is 3.48. The minimum atomic E-state index is 0.592. The molecule has 0 spiro atoms. The van der Waals surface area contributed by atoms with Crippen LogP contribution in [-0.2, 0) is 6.42 Å². The summed E-state index contributed by atoms with van der Waals surface area (Å²) in [6, 6.07) is 9.09. The van der Waals surface area contributed by atoms with Crippen LogP contribution < -0.4 is 5.32 Å². The highest BCUT2D eigenvalue weighted by Gasteiger charge is 2.03. The van der Waals surface area contributed by atoms with Gasteiger partial charge in [0.1, 0.15) is 0 Å². The number of rotatable bonds is 4. The van der Waals surface area contributed by atoms with Gasteiger partial charge in [-0.05, 0) is 37.6 Å². The highest BCUT2D eigenvalue weighted by molar-refractivity contribution is 9.10. The van der Waals surface area contributed by atoms with E-state index < -0.39 is 0 Å². The molecule has 0 aliphatic heterocycles. The molecule has 0 aliphatic carbocycles. The molecule has 1 rings (SSSR count). The summed E-state index contributed by atoms with van der Waals surface area (Å²) in [4.78, 5) is 0. The van der Waals surface area contributed by atoms with Crippen molar-refractivity contribution in [1.82, 2.24) is 5.32 Å². The van der Waals surface area contributed by atoms with E-state index in [1.807, 2.05) is 7.05 Å². The average molecular weight is 242 g/mol. The zero-order valence-electron chi connectivity index (χ0n) is 8.18. The number of hydrogen-bond acceptors (Lipinski definition) is 1. The van der Waals surface area contributed by atoms with E-state index in [4.69, 9.17) is 0 Å². The van der Waals surface area contributed by atoms with E-state index in [1.54, 1.807) is 0 Å². The Hall–Kier alpha value is -0.340. The van der Waals surface area contributed by atoms with Crippen molar-refractivity contribution in [3.63, 3.8) is 0 Å². The van der Waals surface area contributed by atoms with Crippen molar-refractivity contribution in [1.29, 1.82) is 0 Å². The van der Waals surface area contributed by atoms with Crippen LogP contribution in [0.15, 0.2) is 28.7 Å². The van der Waals surface area contributed by atoms with E-state index in [1.165, 1.54) is 12.0 Å². The molecule has 0 amide bonds. The van der Waals surface area contributed by atoms with E-state index >= 15 is 0 Å². The molecule has 0 fully saturated rings. The van der Waals surface area contributed by atoms with E-state index in [-0.39, 0.29) is 0 Å². The molecule has 0 heterocycles. The molecule has 0 saturated heterocycles. The van der Waals surface area contributed by atoms with Gasteiger partial charge in [0.25, 0.3) is 0 Å². The van der Waals surface area contributed by atoms with Crippen molar-refractivity contribution < 1.29 is 0 Å². The van der Waals surface area contributed by atoms with Gasteiger partial charge in [0.15, 0.2) is 0 Å². The van der Waals surface area contributed by atoms with Gasteiger partial charge in [-0.25, -0.2) is 0 Å². The first-order valence-corrected chi connectivity index (χ1v) is 5.47. The van der Waals surface area contributed by atoms with Crippen LogP contribution in [0.3, 0.4) is 0 Å². The zero-order chi connectivity index (χ0) is 9.68. The number of hydrogen-bond donors (Lipinski definition) is 1. The number of halogens is 1. The highest BCUT2D eigenvalue weighted by atomic mass is 79.9. The summed E-state index contributed by atoms with van der Waals surface area (Å²) < 4.78 is 1.16. The molecule has 1 atom stereocenters. The van der Waals surface area contributed by atoms with Crippen molar-refractivity contribution in [2.24, 2.45) is 0 Å². The van der Waals surface area contributed by atoms with Crippen LogP contribution >= 0.6 is 15.9 Å². The molecule has 0 saturated carbocycles. The molecule has 0 bridgehead atoms. The van der Waals surface area contributed by atoms with Gasteiger partial charge in [-0.3, -0.25) is 0 Å². The molecular formula is C11H16BrN. The molecular weight excluding hydrogens is 226 g/mol. The lowest BCUT2D eigenvalue weighted by Crippen LogP contribution is -2.26. The summed E-state index contributed by atoms with van der Waals surface area (Å²) in [6.07, 6.45) is 2.27. The highest BCUT2D eigenvalue weighted by Crippen LogP contribution is 2.13. The summed E-state index contributed by atoms with van der Waals surface area (Å²) in [5.74, 6) is 0. The maximum Gasteiger partial charge on any atom is 0.0178 e. The molecule has 1 nitrogen and oxygen atoms in total. The first kappa shape index (κ1) is 10.7. The van der Waals surface area contributed by atoms with Crippen LogP contribution in [0.5, 0.6) is 0 Å². The summed E-state index contributed by atoms with van der Waals surface area (Å²) in [5, 5.41) is 3.30. The topological polar surface area (TPSA) is 12.0 Å². The molecule has 72 valence electrons. The van der Waals surface area contributed by atoms with Crippen molar-refractivity contribution in [3.05, 3.63) is 34.3 Å². The Morgan fingerprint density at radius 1 is 1.46 bits per heavy atom. The first-order valence-electron chi connectivity index (χ1n) is 4.68. The number of benzene rings is 1. The normalized spacial score (nSPS) is 12.8. The predicted octanol–water partition coefficient (Wildman–Crippen LogP) is 2.99. The minimum absolute atomic E-state index is 0.592. The lowest BCUT2D eigenvalue weighted by Gasteiger charge is -2.13. The van der Waals surface area contributed by atoms with Gasteiger partial charge in [-0.1, -0.05) is 35.0 Å². The first-order chi connectivity index (χ1) is 6.26. The third-order valence-corrected chi connectivity index (χ3v) is 2.77. The maximum atomic E-state index is 3.48. The minimum Gasteiger partial charge on any atom is -0.317 e. The van der Waals surface area contributed by atoms with Gasteiger partial charge < -0.3 is 5.32 Å². The van der Waals surface area contributed by atoms with Crippen LogP contribution in [-0.4, -0.2) is 13.1 Å². The van der Waals surface area contributed by atoms with Crippen LogP contribution in [0.2, 0.25) is 0 Å². The number of likely N-dealkylation sites (N-methyl/N-ethyl adjacent to an activating group) is 1. The van der Waals surface area contributed by atoms with Crippen molar-refractivity contribution in [3.8, 4) is 0 Å². The third-order valence-electron chi connectivity index (χ3n) is 2.27. The standard InChI is InChI=1S/C11H16BrN/c1-3-11(13-2)8-9-5-4-6-10(12)7-9/h4-7,11,13H,3,8H2,1-2H3.